The van der Waals surface area contributed by atoms with Gasteiger partial charge in [0.05, 0.1) is 0 Å². The summed E-state index contributed by atoms with van der Waals surface area (Å²) >= 11 is 5.71. The zero-order chi connectivity index (χ0) is 6.69. The van der Waals surface area contributed by atoms with Crippen LogP contribution < -0.4 is 0 Å². The average molecular weight is 143 g/mol. The van der Waals surface area contributed by atoms with Crippen LogP contribution in [0.25, 0.3) is 0 Å². The molecule has 1 aliphatic carbocycles. The SMILES string of the molecule is CCC1C=CC(Cl)=CC1. The van der Waals surface area contributed by atoms with Crippen molar-refractivity contribution in [2.24, 2.45) is 5.92 Å². The largest absolute Gasteiger partial charge is 0.0847 e. The highest BCUT2D eigenvalue weighted by atomic mass is 35.5. The molecule has 1 unspecified atom stereocenters. The van der Waals surface area contributed by atoms with E-state index in [2.05, 4.69) is 19.1 Å². The lowest BCUT2D eigenvalue weighted by atomic mass is 9.98. The van der Waals surface area contributed by atoms with Gasteiger partial charge in [-0.05, 0) is 24.8 Å². The second-order valence-electron chi connectivity index (χ2n) is 2.35. The van der Waals surface area contributed by atoms with Gasteiger partial charge in [-0.1, -0.05) is 30.7 Å². The molecule has 0 aromatic heterocycles. The van der Waals surface area contributed by atoms with E-state index in [1.807, 2.05) is 6.08 Å². The fourth-order valence-electron chi connectivity index (χ4n) is 0.941. The summed E-state index contributed by atoms with van der Waals surface area (Å²) in [5.41, 5.74) is 0. The molecule has 0 amide bonds. The summed E-state index contributed by atoms with van der Waals surface area (Å²) in [5.74, 6) is 0.729. The number of allylic oxidation sites excluding steroid dienone is 4. The molecule has 0 fully saturated rings. The van der Waals surface area contributed by atoms with Crippen LogP contribution in [0, 0.1) is 5.92 Å². The van der Waals surface area contributed by atoms with Crippen molar-refractivity contribution in [1.29, 1.82) is 0 Å². The number of halogens is 1. The van der Waals surface area contributed by atoms with E-state index >= 15 is 0 Å². The minimum absolute atomic E-state index is 0.729. The Morgan fingerprint density at radius 1 is 1.78 bits per heavy atom. The van der Waals surface area contributed by atoms with Gasteiger partial charge < -0.3 is 0 Å². The quantitative estimate of drug-likeness (QED) is 0.528. The molecule has 1 heteroatoms. The third-order valence-electron chi connectivity index (χ3n) is 1.67. The van der Waals surface area contributed by atoms with Crippen molar-refractivity contribution in [3.8, 4) is 0 Å². The van der Waals surface area contributed by atoms with Crippen LogP contribution in [-0.2, 0) is 0 Å². The Bertz CT molecular complexity index is 145. The molecular formula is C8H11Cl. The maximum atomic E-state index is 5.71. The number of hydrogen-bond donors (Lipinski definition) is 0. The zero-order valence-electron chi connectivity index (χ0n) is 5.60. The summed E-state index contributed by atoms with van der Waals surface area (Å²) in [6.07, 6.45) is 8.58. The van der Waals surface area contributed by atoms with Crippen molar-refractivity contribution in [2.45, 2.75) is 19.8 Å². The highest BCUT2D eigenvalue weighted by Crippen LogP contribution is 2.20. The van der Waals surface area contributed by atoms with Gasteiger partial charge in [0.1, 0.15) is 0 Å². The van der Waals surface area contributed by atoms with E-state index in [-0.39, 0.29) is 0 Å². The monoisotopic (exact) mass is 142 g/mol. The van der Waals surface area contributed by atoms with Crippen LogP contribution in [0.15, 0.2) is 23.3 Å². The van der Waals surface area contributed by atoms with Gasteiger partial charge in [0.2, 0.25) is 0 Å². The lowest BCUT2D eigenvalue weighted by Gasteiger charge is -2.09. The molecule has 0 spiro atoms. The Balaban J connectivity index is 2.48. The lowest BCUT2D eigenvalue weighted by Crippen LogP contribution is -1.95. The molecule has 0 bridgehead atoms. The Labute approximate surface area is 61.2 Å². The maximum absolute atomic E-state index is 5.71. The first-order valence-electron chi connectivity index (χ1n) is 3.36. The number of hydrogen-bond acceptors (Lipinski definition) is 0. The molecule has 0 aliphatic heterocycles. The first kappa shape index (κ1) is 6.88. The molecule has 0 saturated heterocycles. The van der Waals surface area contributed by atoms with Crippen molar-refractivity contribution in [3.63, 3.8) is 0 Å². The number of rotatable bonds is 1. The van der Waals surface area contributed by atoms with E-state index in [9.17, 15) is 0 Å². The molecule has 50 valence electrons. The van der Waals surface area contributed by atoms with Crippen molar-refractivity contribution < 1.29 is 0 Å². The van der Waals surface area contributed by atoms with Gasteiger partial charge >= 0.3 is 0 Å². The highest BCUT2D eigenvalue weighted by molar-refractivity contribution is 6.31. The molecule has 0 aromatic carbocycles. The van der Waals surface area contributed by atoms with Gasteiger partial charge in [0.15, 0.2) is 0 Å². The van der Waals surface area contributed by atoms with Crippen LogP contribution in [0.4, 0.5) is 0 Å². The highest BCUT2D eigenvalue weighted by Gasteiger charge is 2.03. The summed E-state index contributed by atoms with van der Waals surface area (Å²) in [6.45, 7) is 2.20. The van der Waals surface area contributed by atoms with Crippen molar-refractivity contribution in [3.05, 3.63) is 23.3 Å². The van der Waals surface area contributed by atoms with Crippen LogP contribution in [-0.4, -0.2) is 0 Å². The van der Waals surface area contributed by atoms with Crippen LogP contribution in [0.3, 0.4) is 0 Å². The van der Waals surface area contributed by atoms with Crippen molar-refractivity contribution in [2.75, 3.05) is 0 Å². The van der Waals surface area contributed by atoms with Crippen LogP contribution in [0.5, 0.6) is 0 Å². The molecular weight excluding hydrogens is 132 g/mol. The van der Waals surface area contributed by atoms with Gasteiger partial charge in [-0.2, -0.15) is 0 Å². The Kier molecular flexibility index (Phi) is 2.35. The lowest BCUT2D eigenvalue weighted by molar-refractivity contribution is 0.632. The van der Waals surface area contributed by atoms with E-state index in [1.54, 1.807) is 0 Å². The van der Waals surface area contributed by atoms with E-state index < -0.39 is 0 Å². The van der Waals surface area contributed by atoms with Crippen LogP contribution in [0.1, 0.15) is 19.8 Å². The maximum Gasteiger partial charge on any atom is 0.0363 e. The molecule has 0 radical (unpaired) electrons. The molecule has 0 N–H and O–H groups in total. The van der Waals surface area contributed by atoms with E-state index in [1.165, 1.54) is 6.42 Å². The summed E-state index contributed by atoms with van der Waals surface area (Å²) < 4.78 is 0. The molecule has 0 nitrogen and oxygen atoms in total. The summed E-state index contributed by atoms with van der Waals surface area (Å²) in [4.78, 5) is 0. The predicted molar refractivity (Wildman–Crippen MR) is 41.5 cm³/mol. The Morgan fingerprint density at radius 3 is 3.00 bits per heavy atom. The fraction of sp³-hybridized carbons (Fsp3) is 0.500. The second kappa shape index (κ2) is 3.07. The van der Waals surface area contributed by atoms with Gasteiger partial charge in [0.25, 0.3) is 0 Å². The molecule has 1 rings (SSSR count). The third kappa shape index (κ3) is 1.87. The first-order valence-corrected chi connectivity index (χ1v) is 3.74. The van der Waals surface area contributed by atoms with Gasteiger partial charge in [-0.15, -0.1) is 0 Å². The Morgan fingerprint density at radius 2 is 2.56 bits per heavy atom. The van der Waals surface area contributed by atoms with E-state index in [0.29, 0.717) is 0 Å². The van der Waals surface area contributed by atoms with Crippen LogP contribution >= 0.6 is 11.6 Å². The molecule has 0 aromatic rings. The molecule has 9 heavy (non-hydrogen) atoms. The minimum Gasteiger partial charge on any atom is -0.0847 e. The summed E-state index contributed by atoms with van der Waals surface area (Å²) in [5, 5.41) is 0.889. The fourth-order valence-corrected chi connectivity index (χ4v) is 1.10. The standard InChI is InChI=1S/C8H11Cl/c1-2-7-3-5-8(9)6-4-7/h3,5-7H,2,4H2,1H3. The van der Waals surface area contributed by atoms with Gasteiger partial charge in [-0.3, -0.25) is 0 Å². The van der Waals surface area contributed by atoms with Gasteiger partial charge in [-0.25, -0.2) is 0 Å². The molecule has 0 heterocycles. The second-order valence-corrected chi connectivity index (χ2v) is 2.79. The topological polar surface area (TPSA) is 0 Å². The van der Waals surface area contributed by atoms with Crippen molar-refractivity contribution in [1.82, 2.24) is 0 Å². The van der Waals surface area contributed by atoms with E-state index in [0.717, 1.165) is 17.4 Å². The predicted octanol–water partition coefficient (Wildman–Crippen LogP) is 3.10. The zero-order valence-corrected chi connectivity index (χ0v) is 6.36. The normalized spacial score (nSPS) is 26.0. The molecule has 1 aliphatic rings. The summed E-state index contributed by atoms with van der Waals surface area (Å²) in [6, 6.07) is 0. The Hall–Kier alpha value is -0.230. The summed E-state index contributed by atoms with van der Waals surface area (Å²) in [7, 11) is 0. The minimum atomic E-state index is 0.729. The van der Waals surface area contributed by atoms with E-state index in [4.69, 9.17) is 11.6 Å². The average Bonchev–Trinajstić information content (AvgIpc) is 1.90. The van der Waals surface area contributed by atoms with Crippen molar-refractivity contribution >= 4 is 11.6 Å². The third-order valence-corrected chi connectivity index (χ3v) is 1.95. The smallest absolute Gasteiger partial charge is 0.0363 e. The molecule has 1 atom stereocenters. The molecule has 0 saturated carbocycles. The van der Waals surface area contributed by atoms with Crippen LogP contribution in [0.2, 0.25) is 0 Å². The van der Waals surface area contributed by atoms with Gasteiger partial charge in [0, 0.05) is 5.03 Å². The first-order chi connectivity index (χ1) is 4.33.